The van der Waals surface area contributed by atoms with Gasteiger partial charge in [0.15, 0.2) is 0 Å². The zero-order chi connectivity index (χ0) is 15.2. The van der Waals surface area contributed by atoms with E-state index in [1.807, 2.05) is 0 Å². The lowest BCUT2D eigenvalue weighted by Gasteiger charge is -2.25. The maximum absolute atomic E-state index is 6.01. The van der Waals surface area contributed by atoms with Crippen molar-refractivity contribution in [1.82, 2.24) is 9.88 Å². The van der Waals surface area contributed by atoms with Crippen molar-refractivity contribution in [3.63, 3.8) is 0 Å². The van der Waals surface area contributed by atoms with Crippen molar-refractivity contribution in [1.29, 1.82) is 0 Å². The van der Waals surface area contributed by atoms with Crippen molar-refractivity contribution >= 4 is 28.2 Å². The smallest absolute Gasteiger partial charge is 0.136 e. The molecule has 0 unspecified atom stereocenters. The molecule has 0 aliphatic rings. The fraction of sp³-hybridized carbons (Fsp3) is 0.471. The fourth-order valence-electron chi connectivity index (χ4n) is 2.54. The van der Waals surface area contributed by atoms with E-state index in [4.69, 9.17) is 16.6 Å². The summed E-state index contributed by atoms with van der Waals surface area (Å²) < 4.78 is 0. The van der Waals surface area contributed by atoms with E-state index in [1.54, 1.807) is 0 Å². The van der Waals surface area contributed by atoms with Gasteiger partial charge in [0.1, 0.15) is 5.82 Å². The van der Waals surface area contributed by atoms with Crippen molar-refractivity contribution in [2.75, 3.05) is 38.6 Å². The number of halogens is 1. The minimum atomic E-state index is 0.451. The van der Waals surface area contributed by atoms with Crippen LogP contribution in [0.2, 0.25) is 0 Å². The highest BCUT2D eigenvalue weighted by Crippen LogP contribution is 2.26. The average molecular weight is 306 g/mol. The number of benzene rings is 1. The Hall–Kier alpha value is -1.32. The van der Waals surface area contributed by atoms with Gasteiger partial charge in [-0.05, 0) is 45.4 Å². The van der Waals surface area contributed by atoms with Crippen molar-refractivity contribution in [2.24, 2.45) is 0 Å². The Bertz CT molecular complexity index is 583. The van der Waals surface area contributed by atoms with Crippen LogP contribution in [0.15, 0.2) is 30.3 Å². The van der Waals surface area contributed by atoms with Gasteiger partial charge in [-0.25, -0.2) is 4.98 Å². The van der Waals surface area contributed by atoms with E-state index >= 15 is 0 Å². The molecular formula is C17H24ClN3. The monoisotopic (exact) mass is 305 g/mol. The Labute approximate surface area is 132 Å². The molecule has 0 saturated carbocycles. The number of aromatic nitrogens is 1. The van der Waals surface area contributed by atoms with Crippen molar-refractivity contribution in [2.45, 2.75) is 19.2 Å². The van der Waals surface area contributed by atoms with E-state index in [2.05, 4.69) is 61.2 Å². The third-order valence-electron chi connectivity index (χ3n) is 3.62. The van der Waals surface area contributed by atoms with E-state index in [0.717, 1.165) is 37.6 Å². The lowest BCUT2D eigenvalue weighted by Crippen LogP contribution is -2.28. The van der Waals surface area contributed by atoms with Gasteiger partial charge in [-0.15, -0.1) is 11.6 Å². The quantitative estimate of drug-likeness (QED) is 0.726. The molecule has 4 heteroatoms. The SMILES string of the molecule is CCN(CCCN(C)C)c1nc(CCl)cc2ccccc12. The Morgan fingerprint density at radius 3 is 2.57 bits per heavy atom. The first-order chi connectivity index (χ1) is 10.2. The number of hydrogen-bond acceptors (Lipinski definition) is 3. The molecule has 2 aromatic rings. The first-order valence-electron chi connectivity index (χ1n) is 7.50. The fourth-order valence-corrected chi connectivity index (χ4v) is 2.67. The number of nitrogens with zero attached hydrogens (tertiary/aromatic N) is 3. The Morgan fingerprint density at radius 2 is 1.90 bits per heavy atom. The van der Waals surface area contributed by atoms with Gasteiger partial charge in [-0.1, -0.05) is 24.3 Å². The van der Waals surface area contributed by atoms with E-state index in [1.165, 1.54) is 10.8 Å². The van der Waals surface area contributed by atoms with Gasteiger partial charge < -0.3 is 9.80 Å². The highest BCUT2D eigenvalue weighted by atomic mass is 35.5. The molecule has 2 rings (SSSR count). The molecule has 0 saturated heterocycles. The van der Waals surface area contributed by atoms with Gasteiger partial charge >= 0.3 is 0 Å². The number of pyridine rings is 1. The molecule has 0 radical (unpaired) electrons. The second-order valence-corrected chi connectivity index (χ2v) is 5.80. The van der Waals surface area contributed by atoms with Crippen LogP contribution >= 0.6 is 11.6 Å². The normalized spacial score (nSPS) is 11.3. The summed E-state index contributed by atoms with van der Waals surface area (Å²) in [5.74, 6) is 1.51. The third kappa shape index (κ3) is 4.08. The lowest BCUT2D eigenvalue weighted by molar-refractivity contribution is 0.400. The lowest BCUT2D eigenvalue weighted by atomic mass is 10.1. The number of hydrogen-bond donors (Lipinski definition) is 0. The zero-order valence-corrected chi connectivity index (χ0v) is 13.9. The molecule has 1 aromatic carbocycles. The van der Waals surface area contributed by atoms with Gasteiger partial charge in [0.05, 0.1) is 11.6 Å². The first kappa shape index (κ1) is 16.1. The van der Waals surface area contributed by atoms with E-state index in [0.29, 0.717) is 5.88 Å². The van der Waals surface area contributed by atoms with Crippen LogP contribution in [-0.4, -0.2) is 43.6 Å². The van der Waals surface area contributed by atoms with Crippen molar-refractivity contribution in [3.8, 4) is 0 Å². The summed E-state index contributed by atoms with van der Waals surface area (Å²) in [4.78, 5) is 9.33. The summed E-state index contributed by atoms with van der Waals surface area (Å²) in [6.07, 6.45) is 1.13. The molecule has 0 amide bonds. The molecule has 0 spiro atoms. The molecule has 0 bridgehead atoms. The van der Waals surface area contributed by atoms with Crippen molar-refractivity contribution in [3.05, 3.63) is 36.0 Å². The molecule has 3 nitrogen and oxygen atoms in total. The number of alkyl halides is 1. The minimum absolute atomic E-state index is 0.451. The predicted octanol–water partition coefficient (Wildman–Crippen LogP) is 3.75. The van der Waals surface area contributed by atoms with Gasteiger partial charge in [0.2, 0.25) is 0 Å². The topological polar surface area (TPSA) is 19.4 Å². The summed E-state index contributed by atoms with van der Waals surface area (Å²) in [5, 5.41) is 2.42. The molecule has 1 aromatic heterocycles. The molecule has 0 atom stereocenters. The summed E-state index contributed by atoms with van der Waals surface area (Å²) in [6.45, 7) is 5.23. The van der Waals surface area contributed by atoms with Gasteiger partial charge in [-0.2, -0.15) is 0 Å². The van der Waals surface area contributed by atoms with Gasteiger partial charge in [-0.3, -0.25) is 0 Å². The molecular weight excluding hydrogens is 282 g/mol. The standard InChI is InChI=1S/C17H24ClN3/c1-4-21(11-7-10-20(2)3)17-16-9-6-5-8-14(16)12-15(13-18)19-17/h5-6,8-9,12H,4,7,10-11,13H2,1-3H3. The number of fused-ring (bicyclic) bond motifs is 1. The van der Waals surface area contributed by atoms with E-state index in [9.17, 15) is 0 Å². The van der Waals surface area contributed by atoms with Crippen molar-refractivity contribution < 1.29 is 0 Å². The minimum Gasteiger partial charge on any atom is -0.356 e. The second kappa shape index (κ2) is 7.62. The van der Waals surface area contributed by atoms with Crippen LogP contribution in [-0.2, 0) is 5.88 Å². The third-order valence-corrected chi connectivity index (χ3v) is 3.90. The molecule has 0 aliphatic heterocycles. The van der Waals surface area contributed by atoms with Crippen LogP contribution in [0.25, 0.3) is 10.8 Å². The highest BCUT2D eigenvalue weighted by molar-refractivity contribution is 6.17. The Morgan fingerprint density at radius 1 is 1.14 bits per heavy atom. The number of anilines is 1. The maximum atomic E-state index is 6.01. The Kier molecular flexibility index (Phi) is 5.83. The van der Waals surface area contributed by atoms with Crippen LogP contribution in [0.5, 0.6) is 0 Å². The molecule has 114 valence electrons. The second-order valence-electron chi connectivity index (χ2n) is 5.53. The molecule has 0 fully saturated rings. The Balaban J connectivity index is 2.32. The summed E-state index contributed by atoms with van der Waals surface area (Å²) in [5.41, 5.74) is 0.941. The van der Waals surface area contributed by atoms with Gasteiger partial charge in [0, 0.05) is 18.5 Å². The molecule has 0 N–H and O–H groups in total. The zero-order valence-electron chi connectivity index (χ0n) is 13.1. The van der Waals surface area contributed by atoms with E-state index in [-0.39, 0.29) is 0 Å². The molecule has 21 heavy (non-hydrogen) atoms. The largest absolute Gasteiger partial charge is 0.356 e. The average Bonchev–Trinajstić information content (AvgIpc) is 2.50. The number of rotatable bonds is 7. The van der Waals surface area contributed by atoms with Crippen LogP contribution in [0, 0.1) is 0 Å². The van der Waals surface area contributed by atoms with Crippen LogP contribution in [0.1, 0.15) is 19.0 Å². The first-order valence-corrected chi connectivity index (χ1v) is 8.03. The van der Waals surface area contributed by atoms with Gasteiger partial charge in [0.25, 0.3) is 0 Å². The highest BCUT2D eigenvalue weighted by Gasteiger charge is 2.12. The molecule has 1 heterocycles. The predicted molar refractivity (Wildman–Crippen MR) is 92.4 cm³/mol. The van der Waals surface area contributed by atoms with Crippen LogP contribution in [0.4, 0.5) is 5.82 Å². The van der Waals surface area contributed by atoms with Crippen LogP contribution < -0.4 is 4.90 Å². The summed E-state index contributed by atoms with van der Waals surface area (Å²) in [6, 6.07) is 10.5. The molecule has 0 aliphatic carbocycles. The summed E-state index contributed by atoms with van der Waals surface area (Å²) in [7, 11) is 4.22. The summed E-state index contributed by atoms with van der Waals surface area (Å²) >= 11 is 6.01. The van der Waals surface area contributed by atoms with Crippen LogP contribution in [0.3, 0.4) is 0 Å². The van der Waals surface area contributed by atoms with E-state index < -0.39 is 0 Å². The maximum Gasteiger partial charge on any atom is 0.136 e.